The summed E-state index contributed by atoms with van der Waals surface area (Å²) in [7, 11) is 0. The van der Waals surface area contributed by atoms with E-state index in [1.165, 1.54) is 0 Å². The number of hydrogen-bond donors (Lipinski definition) is 3. The van der Waals surface area contributed by atoms with E-state index in [4.69, 9.17) is 10.5 Å². The molecule has 1 heterocycles. The van der Waals surface area contributed by atoms with Gasteiger partial charge in [0.25, 0.3) is 0 Å². The van der Waals surface area contributed by atoms with Crippen LogP contribution in [-0.4, -0.2) is 22.7 Å². The van der Waals surface area contributed by atoms with Crippen molar-refractivity contribution in [3.63, 3.8) is 0 Å². The summed E-state index contributed by atoms with van der Waals surface area (Å²) in [5, 5.41) is 12.5. The second-order valence-electron chi connectivity index (χ2n) is 5.10. The van der Waals surface area contributed by atoms with Gasteiger partial charge >= 0.3 is 0 Å². The molecule has 4 N–H and O–H groups in total. The third-order valence-corrected chi connectivity index (χ3v) is 2.89. The van der Waals surface area contributed by atoms with Crippen LogP contribution in [0.15, 0.2) is 36.4 Å². The third kappa shape index (κ3) is 4.56. The fraction of sp³-hybridized carbons (Fsp3) is 0.312. The van der Waals surface area contributed by atoms with Crippen LogP contribution in [0.5, 0.6) is 11.6 Å². The molecule has 0 radical (unpaired) electrons. The summed E-state index contributed by atoms with van der Waals surface area (Å²) >= 11 is 0. The molecule has 0 amide bonds. The van der Waals surface area contributed by atoms with Crippen molar-refractivity contribution >= 4 is 11.5 Å². The number of rotatable bonds is 6. The van der Waals surface area contributed by atoms with E-state index in [0.29, 0.717) is 11.6 Å². The van der Waals surface area contributed by atoms with E-state index in [0.717, 1.165) is 24.3 Å². The van der Waals surface area contributed by atoms with Gasteiger partial charge in [-0.2, -0.15) is 4.98 Å². The molecule has 0 aliphatic rings. The molecule has 2 rings (SSSR count). The Kier molecular flexibility index (Phi) is 4.87. The Labute approximate surface area is 124 Å². The van der Waals surface area contributed by atoms with Crippen LogP contribution in [0.25, 0.3) is 0 Å². The molecule has 0 aliphatic carbocycles. The maximum atomic E-state index is 9.24. The Bertz CT molecular complexity index is 583. The topological polar surface area (TPSA) is 80.4 Å². The first-order valence-electron chi connectivity index (χ1n) is 6.99. The van der Waals surface area contributed by atoms with Gasteiger partial charge in [-0.25, -0.2) is 0 Å². The van der Waals surface area contributed by atoms with Crippen LogP contribution < -0.4 is 15.8 Å². The zero-order valence-corrected chi connectivity index (χ0v) is 12.3. The van der Waals surface area contributed by atoms with Crippen LogP contribution in [0.1, 0.15) is 19.4 Å². The van der Waals surface area contributed by atoms with E-state index >= 15 is 0 Å². The zero-order chi connectivity index (χ0) is 15.2. The van der Waals surface area contributed by atoms with Crippen molar-refractivity contribution in [1.29, 1.82) is 0 Å². The number of hydrogen-bond acceptors (Lipinski definition) is 5. The van der Waals surface area contributed by atoms with E-state index in [1.54, 1.807) is 18.2 Å². The predicted octanol–water partition coefficient (Wildman–Crippen LogP) is 2.81. The number of phenols is 1. The van der Waals surface area contributed by atoms with E-state index in [-0.39, 0.29) is 11.9 Å². The molecule has 0 spiro atoms. The number of aromatic hydroxyl groups is 1. The lowest BCUT2D eigenvalue weighted by Crippen LogP contribution is -2.11. The average Bonchev–Trinajstić information content (AvgIpc) is 2.44. The van der Waals surface area contributed by atoms with Crippen molar-refractivity contribution in [1.82, 2.24) is 4.98 Å². The molecule has 5 nitrogen and oxygen atoms in total. The van der Waals surface area contributed by atoms with Gasteiger partial charge in [-0.3, -0.25) is 0 Å². The molecule has 0 unspecified atom stereocenters. The molecule has 2 aromatic rings. The lowest BCUT2D eigenvalue weighted by Gasteiger charge is -2.13. The molecule has 0 atom stereocenters. The minimum absolute atomic E-state index is 0.0343. The van der Waals surface area contributed by atoms with Gasteiger partial charge in [0.15, 0.2) is 0 Å². The predicted molar refractivity (Wildman–Crippen MR) is 84.7 cm³/mol. The number of nitrogens with zero attached hydrogens (tertiary/aromatic N) is 1. The first-order chi connectivity index (χ1) is 10.0. The van der Waals surface area contributed by atoms with Crippen LogP contribution in [-0.2, 0) is 6.42 Å². The van der Waals surface area contributed by atoms with Gasteiger partial charge in [0.1, 0.15) is 11.6 Å². The number of nitrogens with one attached hydrogen (secondary N) is 1. The summed E-state index contributed by atoms with van der Waals surface area (Å²) in [5.74, 6) is 1.47. The highest BCUT2D eigenvalue weighted by atomic mass is 16.5. The van der Waals surface area contributed by atoms with E-state index in [1.807, 2.05) is 32.0 Å². The van der Waals surface area contributed by atoms with Gasteiger partial charge < -0.3 is 20.9 Å². The van der Waals surface area contributed by atoms with E-state index < -0.39 is 0 Å². The van der Waals surface area contributed by atoms with Crippen molar-refractivity contribution in [3.05, 3.63) is 42.0 Å². The fourth-order valence-electron chi connectivity index (χ4n) is 1.86. The van der Waals surface area contributed by atoms with Gasteiger partial charge in [0, 0.05) is 6.54 Å². The molecule has 0 saturated heterocycles. The number of nitrogen functional groups attached to an aromatic ring is 1. The molecule has 1 aromatic carbocycles. The van der Waals surface area contributed by atoms with Crippen molar-refractivity contribution in [2.45, 2.75) is 26.4 Å². The van der Waals surface area contributed by atoms with E-state index in [2.05, 4.69) is 10.3 Å². The molecule has 112 valence electrons. The average molecular weight is 287 g/mol. The normalized spacial score (nSPS) is 10.6. The highest BCUT2D eigenvalue weighted by Crippen LogP contribution is 2.22. The van der Waals surface area contributed by atoms with Gasteiger partial charge in [-0.05, 0) is 50.1 Å². The number of benzene rings is 1. The molecular formula is C16H21N3O2. The SMILES string of the molecule is CC(C)Oc1nc(NCCc2ccc(O)cc2)ccc1N. The second kappa shape index (κ2) is 6.83. The number of phenolic OH excluding ortho intramolecular Hbond substituents is 1. The number of pyridine rings is 1. The summed E-state index contributed by atoms with van der Waals surface area (Å²) in [6.45, 7) is 4.61. The summed E-state index contributed by atoms with van der Waals surface area (Å²) in [6.07, 6.45) is 0.874. The minimum Gasteiger partial charge on any atom is -0.508 e. The molecule has 0 aliphatic heterocycles. The first kappa shape index (κ1) is 15.0. The monoisotopic (exact) mass is 287 g/mol. The molecule has 5 heteroatoms. The van der Waals surface area contributed by atoms with Gasteiger partial charge in [0.2, 0.25) is 5.88 Å². The lowest BCUT2D eigenvalue weighted by molar-refractivity contribution is 0.234. The standard InChI is InChI=1S/C16H21N3O2/c1-11(2)21-16-14(17)7-8-15(19-16)18-10-9-12-3-5-13(20)6-4-12/h3-8,11,20H,9-10,17H2,1-2H3,(H,18,19). The van der Waals surface area contributed by atoms with Gasteiger partial charge in [-0.15, -0.1) is 0 Å². The quantitative estimate of drug-likeness (QED) is 0.761. The van der Waals surface area contributed by atoms with Crippen molar-refractivity contribution in [2.75, 3.05) is 17.6 Å². The highest BCUT2D eigenvalue weighted by Gasteiger charge is 2.06. The summed E-state index contributed by atoms with van der Waals surface area (Å²) in [6, 6.07) is 10.8. The maximum absolute atomic E-state index is 9.24. The lowest BCUT2D eigenvalue weighted by atomic mass is 10.1. The van der Waals surface area contributed by atoms with Crippen molar-refractivity contribution in [2.24, 2.45) is 0 Å². The Morgan fingerprint density at radius 2 is 1.90 bits per heavy atom. The summed E-state index contributed by atoms with van der Waals surface area (Å²) in [5.41, 5.74) is 7.52. The van der Waals surface area contributed by atoms with Crippen molar-refractivity contribution in [3.8, 4) is 11.6 Å². The Morgan fingerprint density at radius 3 is 2.57 bits per heavy atom. The van der Waals surface area contributed by atoms with Crippen LogP contribution in [0.3, 0.4) is 0 Å². The second-order valence-corrected chi connectivity index (χ2v) is 5.10. The zero-order valence-electron chi connectivity index (χ0n) is 12.3. The van der Waals surface area contributed by atoms with Gasteiger partial charge in [0.05, 0.1) is 11.8 Å². The summed E-state index contributed by atoms with van der Waals surface area (Å²) in [4.78, 5) is 4.36. The Morgan fingerprint density at radius 1 is 1.19 bits per heavy atom. The molecule has 0 bridgehead atoms. The number of nitrogens with two attached hydrogens (primary N) is 1. The third-order valence-electron chi connectivity index (χ3n) is 2.89. The van der Waals surface area contributed by atoms with E-state index in [9.17, 15) is 5.11 Å². The van der Waals surface area contributed by atoms with Crippen LogP contribution in [0.4, 0.5) is 11.5 Å². The van der Waals surface area contributed by atoms with Gasteiger partial charge in [-0.1, -0.05) is 12.1 Å². The number of ether oxygens (including phenoxy) is 1. The van der Waals surface area contributed by atoms with Crippen LogP contribution >= 0.6 is 0 Å². The number of aromatic nitrogens is 1. The fourth-order valence-corrected chi connectivity index (χ4v) is 1.86. The van der Waals surface area contributed by atoms with Crippen LogP contribution in [0.2, 0.25) is 0 Å². The Hall–Kier alpha value is -2.43. The first-order valence-corrected chi connectivity index (χ1v) is 6.99. The smallest absolute Gasteiger partial charge is 0.239 e. The molecule has 0 saturated carbocycles. The minimum atomic E-state index is 0.0343. The molecular weight excluding hydrogens is 266 g/mol. The van der Waals surface area contributed by atoms with Crippen molar-refractivity contribution < 1.29 is 9.84 Å². The Balaban J connectivity index is 1.92. The highest BCUT2D eigenvalue weighted by molar-refractivity contribution is 5.53. The molecule has 1 aromatic heterocycles. The maximum Gasteiger partial charge on any atom is 0.239 e. The largest absolute Gasteiger partial charge is 0.508 e. The van der Waals surface area contributed by atoms with Crippen LogP contribution in [0, 0.1) is 0 Å². The molecule has 21 heavy (non-hydrogen) atoms. The number of anilines is 2. The summed E-state index contributed by atoms with van der Waals surface area (Å²) < 4.78 is 5.56. The molecule has 0 fully saturated rings.